The van der Waals surface area contributed by atoms with Crippen molar-refractivity contribution in [3.8, 4) is 5.69 Å². The summed E-state index contributed by atoms with van der Waals surface area (Å²) in [6.45, 7) is 4.02. The zero-order valence-electron chi connectivity index (χ0n) is 12.3. The van der Waals surface area contributed by atoms with Gasteiger partial charge in [0.15, 0.2) is 0 Å². The molecule has 0 unspecified atom stereocenters. The van der Waals surface area contributed by atoms with E-state index in [0.717, 1.165) is 17.1 Å². The molecule has 8 nitrogen and oxygen atoms in total. The number of aromatic nitrogens is 6. The van der Waals surface area contributed by atoms with Crippen LogP contribution in [0.25, 0.3) is 5.69 Å². The molecule has 0 spiro atoms. The van der Waals surface area contributed by atoms with Crippen molar-refractivity contribution >= 4 is 11.6 Å². The number of rotatable bonds is 4. The Morgan fingerprint density at radius 2 is 2.00 bits per heavy atom. The molecular weight excluding hydrogens is 282 g/mol. The predicted molar refractivity (Wildman–Crippen MR) is 79.5 cm³/mol. The van der Waals surface area contributed by atoms with Crippen LogP contribution in [-0.4, -0.2) is 35.9 Å². The van der Waals surface area contributed by atoms with E-state index in [-0.39, 0.29) is 12.5 Å². The van der Waals surface area contributed by atoms with Gasteiger partial charge in [0.05, 0.1) is 11.4 Å². The van der Waals surface area contributed by atoms with Crippen molar-refractivity contribution in [3.05, 3.63) is 48.0 Å². The Hall–Kier alpha value is -3.03. The molecule has 0 bridgehead atoms. The fourth-order valence-corrected chi connectivity index (χ4v) is 2.15. The molecule has 2 heterocycles. The quantitative estimate of drug-likeness (QED) is 0.779. The van der Waals surface area contributed by atoms with E-state index in [2.05, 4.69) is 25.9 Å². The maximum absolute atomic E-state index is 12.0. The van der Waals surface area contributed by atoms with Gasteiger partial charge in [0.2, 0.25) is 5.91 Å². The fourth-order valence-electron chi connectivity index (χ4n) is 2.15. The average molecular weight is 297 g/mol. The van der Waals surface area contributed by atoms with Gasteiger partial charge in [-0.1, -0.05) is 0 Å². The van der Waals surface area contributed by atoms with E-state index in [1.165, 1.54) is 6.33 Å². The SMILES string of the molecule is Cc1cc(C)n(CC(=O)Nc2ccc(-n3cnnn3)cc2)n1. The lowest BCUT2D eigenvalue weighted by Gasteiger charge is -2.07. The zero-order chi connectivity index (χ0) is 15.5. The van der Waals surface area contributed by atoms with E-state index in [4.69, 9.17) is 0 Å². The van der Waals surface area contributed by atoms with Gasteiger partial charge >= 0.3 is 0 Å². The second-order valence-electron chi connectivity index (χ2n) is 4.93. The van der Waals surface area contributed by atoms with Crippen molar-refractivity contribution in [1.82, 2.24) is 30.0 Å². The van der Waals surface area contributed by atoms with Crippen LogP contribution in [0.4, 0.5) is 5.69 Å². The van der Waals surface area contributed by atoms with Crippen molar-refractivity contribution in [2.24, 2.45) is 0 Å². The second-order valence-corrected chi connectivity index (χ2v) is 4.93. The summed E-state index contributed by atoms with van der Waals surface area (Å²) >= 11 is 0. The molecule has 0 radical (unpaired) electrons. The monoisotopic (exact) mass is 297 g/mol. The van der Waals surface area contributed by atoms with Gasteiger partial charge in [-0.3, -0.25) is 9.48 Å². The number of nitrogens with one attached hydrogen (secondary N) is 1. The number of carbonyl (C=O) groups is 1. The number of hydrogen-bond donors (Lipinski definition) is 1. The summed E-state index contributed by atoms with van der Waals surface area (Å²) in [7, 11) is 0. The molecule has 0 aliphatic rings. The minimum absolute atomic E-state index is 0.124. The van der Waals surface area contributed by atoms with Crippen LogP contribution < -0.4 is 5.32 Å². The maximum atomic E-state index is 12.0. The molecule has 0 aliphatic carbocycles. The highest BCUT2D eigenvalue weighted by molar-refractivity contribution is 5.90. The van der Waals surface area contributed by atoms with Crippen LogP contribution in [0.1, 0.15) is 11.4 Å². The number of nitrogens with zero attached hydrogens (tertiary/aromatic N) is 6. The Morgan fingerprint density at radius 3 is 2.59 bits per heavy atom. The van der Waals surface area contributed by atoms with Gasteiger partial charge in [0.1, 0.15) is 12.9 Å². The van der Waals surface area contributed by atoms with Gasteiger partial charge in [0, 0.05) is 11.4 Å². The molecule has 0 saturated carbocycles. The van der Waals surface area contributed by atoms with Crippen molar-refractivity contribution in [1.29, 1.82) is 0 Å². The molecule has 2 aromatic heterocycles. The molecule has 0 aliphatic heterocycles. The van der Waals surface area contributed by atoms with Crippen molar-refractivity contribution < 1.29 is 4.79 Å². The first-order valence-electron chi connectivity index (χ1n) is 6.76. The highest BCUT2D eigenvalue weighted by atomic mass is 16.2. The molecule has 1 aromatic carbocycles. The summed E-state index contributed by atoms with van der Waals surface area (Å²) in [5.41, 5.74) is 3.39. The Bertz CT molecular complexity index is 774. The van der Waals surface area contributed by atoms with Crippen LogP contribution in [0.5, 0.6) is 0 Å². The van der Waals surface area contributed by atoms with Crippen LogP contribution in [0.2, 0.25) is 0 Å². The summed E-state index contributed by atoms with van der Waals surface area (Å²) in [5.74, 6) is -0.124. The lowest BCUT2D eigenvalue weighted by Crippen LogP contribution is -2.20. The molecule has 0 atom stereocenters. The third kappa shape index (κ3) is 3.00. The van der Waals surface area contributed by atoms with Crippen molar-refractivity contribution in [2.45, 2.75) is 20.4 Å². The van der Waals surface area contributed by atoms with Gasteiger partial charge in [-0.15, -0.1) is 5.10 Å². The number of anilines is 1. The predicted octanol–water partition coefficient (Wildman–Crippen LogP) is 1.11. The molecule has 1 N–H and O–H groups in total. The lowest BCUT2D eigenvalue weighted by atomic mass is 10.3. The molecule has 0 fully saturated rings. The van der Waals surface area contributed by atoms with E-state index in [1.54, 1.807) is 21.5 Å². The molecule has 3 aromatic rings. The van der Waals surface area contributed by atoms with Crippen LogP contribution in [0.15, 0.2) is 36.7 Å². The number of carbonyl (C=O) groups excluding carboxylic acids is 1. The molecule has 112 valence electrons. The first-order valence-corrected chi connectivity index (χ1v) is 6.76. The van der Waals surface area contributed by atoms with Gasteiger partial charge < -0.3 is 5.32 Å². The highest BCUT2D eigenvalue weighted by Crippen LogP contribution is 2.12. The van der Waals surface area contributed by atoms with E-state index >= 15 is 0 Å². The van der Waals surface area contributed by atoms with E-state index in [9.17, 15) is 4.79 Å². The number of benzene rings is 1. The van der Waals surface area contributed by atoms with Crippen LogP contribution >= 0.6 is 0 Å². The first-order chi connectivity index (χ1) is 10.6. The first kappa shape index (κ1) is 13.9. The van der Waals surface area contributed by atoms with Crippen LogP contribution in [-0.2, 0) is 11.3 Å². The summed E-state index contributed by atoms with van der Waals surface area (Å²) < 4.78 is 3.22. The van der Waals surface area contributed by atoms with Crippen molar-refractivity contribution in [2.75, 3.05) is 5.32 Å². The Labute approximate surface area is 126 Å². The smallest absolute Gasteiger partial charge is 0.246 e. The summed E-state index contributed by atoms with van der Waals surface area (Å²) in [6, 6.07) is 9.20. The maximum Gasteiger partial charge on any atom is 0.246 e. The minimum Gasteiger partial charge on any atom is -0.324 e. The van der Waals surface area contributed by atoms with Gasteiger partial charge in [-0.2, -0.15) is 5.10 Å². The molecule has 0 saturated heterocycles. The largest absolute Gasteiger partial charge is 0.324 e. The third-order valence-electron chi connectivity index (χ3n) is 3.16. The zero-order valence-corrected chi connectivity index (χ0v) is 12.3. The Balaban J connectivity index is 1.65. The number of aryl methyl sites for hydroxylation is 2. The van der Waals surface area contributed by atoms with Gasteiger partial charge in [-0.25, -0.2) is 4.68 Å². The summed E-state index contributed by atoms with van der Waals surface area (Å²) in [6.07, 6.45) is 1.51. The Kier molecular flexibility index (Phi) is 3.65. The number of tetrazole rings is 1. The standard InChI is InChI=1S/C14H15N7O/c1-10-7-11(2)20(17-10)8-14(22)16-12-3-5-13(6-4-12)21-9-15-18-19-21/h3-7,9H,8H2,1-2H3,(H,16,22). The molecule has 8 heteroatoms. The normalized spacial score (nSPS) is 10.6. The number of amides is 1. The van der Waals surface area contributed by atoms with Gasteiger partial charge in [-0.05, 0) is 54.6 Å². The summed E-state index contributed by atoms with van der Waals surface area (Å²) in [5, 5.41) is 18.1. The lowest BCUT2D eigenvalue weighted by molar-refractivity contribution is -0.116. The molecule has 1 amide bonds. The third-order valence-corrected chi connectivity index (χ3v) is 3.16. The fraction of sp³-hybridized carbons (Fsp3) is 0.214. The molecule has 22 heavy (non-hydrogen) atoms. The van der Waals surface area contributed by atoms with Gasteiger partial charge in [0.25, 0.3) is 0 Å². The second kappa shape index (κ2) is 5.76. The van der Waals surface area contributed by atoms with Crippen molar-refractivity contribution in [3.63, 3.8) is 0 Å². The molecular formula is C14H15N7O. The number of hydrogen-bond acceptors (Lipinski definition) is 5. The van der Waals surface area contributed by atoms with E-state index in [0.29, 0.717) is 5.69 Å². The van der Waals surface area contributed by atoms with Crippen LogP contribution in [0.3, 0.4) is 0 Å². The van der Waals surface area contributed by atoms with Crippen LogP contribution in [0, 0.1) is 13.8 Å². The average Bonchev–Trinajstić information content (AvgIpc) is 3.10. The minimum atomic E-state index is -0.124. The highest BCUT2D eigenvalue weighted by Gasteiger charge is 2.07. The Morgan fingerprint density at radius 1 is 1.23 bits per heavy atom. The van der Waals surface area contributed by atoms with E-state index in [1.807, 2.05) is 32.0 Å². The topological polar surface area (TPSA) is 90.5 Å². The molecule has 3 rings (SSSR count). The van der Waals surface area contributed by atoms with E-state index < -0.39 is 0 Å². The summed E-state index contributed by atoms with van der Waals surface area (Å²) in [4.78, 5) is 12.0.